The van der Waals surface area contributed by atoms with Crippen molar-refractivity contribution in [3.63, 3.8) is 0 Å². The van der Waals surface area contributed by atoms with Crippen LogP contribution in [0.15, 0.2) is 42.5 Å². The van der Waals surface area contributed by atoms with Crippen LogP contribution >= 0.6 is 23.2 Å². The normalized spacial score (nSPS) is 12.8. The van der Waals surface area contributed by atoms with E-state index in [9.17, 15) is 18.0 Å². The summed E-state index contributed by atoms with van der Waals surface area (Å²) in [7, 11) is 0. The molecule has 0 bridgehead atoms. The Labute approximate surface area is 141 Å². The second-order valence-corrected chi connectivity index (χ2v) is 5.75. The Hall–Kier alpha value is -1.72. The quantitative estimate of drug-likeness (QED) is 0.767. The lowest BCUT2D eigenvalue weighted by Gasteiger charge is -2.18. The highest BCUT2D eigenvalue weighted by Gasteiger charge is 2.35. The third-order valence-corrected chi connectivity index (χ3v) is 3.82. The molecule has 0 aliphatic carbocycles. The van der Waals surface area contributed by atoms with Crippen molar-refractivity contribution in [2.45, 2.75) is 19.1 Å². The first kappa shape index (κ1) is 17.6. The number of amides is 1. The van der Waals surface area contributed by atoms with E-state index < -0.39 is 29.3 Å². The third-order valence-electron chi connectivity index (χ3n) is 3.25. The molecule has 23 heavy (non-hydrogen) atoms. The number of carbonyl (C=O) groups is 1. The van der Waals surface area contributed by atoms with Gasteiger partial charge < -0.3 is 5.32 Å². The van der Waals surface area contributed by atoms with Crippen LogP contribution in [0.5, 0.6) is 0 Å². The molecule has 122 valence electrons. The van der Waals surface area contributed by atoms with Crippen molar-refractivity contribution in [1.82, 2.24) is 5.32 Å². The molecule has 2 aromatic carbocycles. The van der Waals surface area contributed by atoms with Crippen molar-refractivity contribution >= 4 is 29.1 Å². The van der Waals surface area contributed by atoms with Gasteiger partial charge in [-0.15, -0.1) is 0 Å². The van der Waals surface area contributed by atoms with E-state index in [0.717, 1.165) is 12.1 Å². The predicted octanol–water partition coefficient (Wildman–Crippen LogP) is 5.50. The Morgan fingerprint density at radius 2 is 1.78 bits per heavy atom. The molecule has 2 rings (SSSR count). The second kappa shape index (κ2) is 6.81. The number of benzene rings is 2. The van der Waals surface area contributed by atoms with Crippen LogP contribution in [0.3, 0.4) is 0 Å². The maximum Gasteiger partial charge on any atom is 0.417 e. The Balaban J connectivity index is 2.26. The average Bonchev–Trinajstić information content (AvgIpc) is 2.46. The number of nitrogens with one attached hydrogen (secondary N) is 1. The summed E-state index contributed by atoms with van der Waals surface area (Å²) in [6.07, 6.45) is -4.60. The molecule has 0 spiro atoms. The number of carbonyl (C=O) groups excluding carboxylic acids is 1. The van der Waals surface area contributed by atoms with Crippen molar-refractivity contribution in [1.29, 1.82) is 0 Å². The summed E-state index contributed by atoms with van der Waals surface area (Å²) in [5.41, 5.74) is -0.849. The van der Waals surface area contributed by atoms with E-state index in [1.54, 1.807) is 19.1 Å². The predicted molar refractivity (Wildman–Crippen MR) is 83.8 cm³/mol. The summed E-state index contributed by atoms with van der Waals surface area (Å²) in [6, 6.07) is 8.76. The first-order valence-electron chi connectivity index (χ1n) is 6.62. The molecule has 0 aliphatic heterocycles. The summed E-state index contributed by atoms with van der Waals surface area (Å²) >= 11 is 11.8. The zero-order valence-electron chi connectivity index (χ0n) is 11.9. The first-order valence-corrected chi connectivity index (χ1v) is 7.38. The fourth-order valence-corrected chi connectivity index (χ4v) is 2.71. The summed E-state index contributed by atoms with van der Waals surface area (Å²) in [5.74, 6) is -0.823. The van der Waals surface area contributed by atoms with Gasteiger partial charge in [0.15, 0.2) is 0 Å². The van der Waals surface area contributed by atoms with Gasteiger partial charge in [0, 0.05) is 10.0 Å². The molecule has 1 atom stereocenters. The highest BCUT2D eigenvalue weighted by atomic mass is 35.5. The Kier molecular flexibility index (Phi) is 5.22. The largest absolute Gasteiger partial charge is 0.417 e. The lowest BCUT2D eigenvalue weighted by atomic mass is 10.0. The van der Waals surface area contributed by atoms with Crippen molar-refractivity contribution in [2.75, 3.05) is 0 Å². The van der Waals surface area contributed by atoms with Crippen LogP contribution in [0.4, 0.5) is 13.2 Å². The van der Waals surface area contributed by atoms with E-state index in [0.29, 0.717) is 15.6 Å². The number of alkyl halides is 3. The maximum atomic E-state index is 13.0. The van der Waals surface area contributed by atoms with Gasteiger partial charge in [0.2, 0.25) is 0 Å². The molecule has 2 aromatic rings. The molecular weight excluding hydrogens is 350 g/mol. The van der Waals surface area contributed by atoms with E-state index in [2.05, 4.69) is 5.32 Å². The molecule has 0 saturated heterocycles. The standard InChI is InChI=1S/C16H12Cl2F3NO/c1-9(11-7-6-10(17)8-14(11)18)22-15(23)12-4-2-3-5-13(12)16(19,20)21/h2-9H,1H3,(H,22,23)/t9-/m0/s1. The molecule has 1 amide bonds. The highest BCUT2D eigenvalue weighted by Crippen LogP contribution is 2.32. The van der Waals surface area contributed by atoms with Gasteiger partial charge in [-0.05, 0) is 36.8 Å². The van der Waals surface area contributed by atoms with Gasteiger partial charge in [-0.2, -0.15) is 13.2 Å². The van der Waals surface area contributed by atoms with Gasteiger partial charge >= 0.3 is 6.18 Å². The SMILES string of the molecule is C[C@H](NC(=O)c1ccccc1C(F)(F)F)c1ccc(Cl)cc1Cl. The van der Waals surface area contributed by atoms with Gasteiger partial charge in [-0.25, -0.2) is 0 Å². The number of hydrogen-bond acceptors (Lipinski definition) is 1. The van der Waals surface area contributed by atoms with Gasteiger partial charge in [0.1, 0.15) is 0 Å². The molecular formula is C16H12Cl2F3NO. The van der Waals surface area contributed by atoms with Gasteiger partial charge in [-0.3, -0.25) is 4.79 Å². The van der Waals surface area contributed by atoms with E-state index in [-0.39, 0.29) is 0 Å². The number of halogens is 5. The van der Waals surface area contributed by atoms with Crippen LogP contribution in [-0.4, -0.2) is 5.91 Å². The van der Waals surface area contributed by atoms with E-state index >= 15 is 0 Å². The van der Waals surface area contributed by atoms with Crippen LogP contribution in [0, 0.1) is 0 Å². The molecule has 0 heterocycles. The zero-order valence-corrected chi connectivity index (χ0v) is 13.4. The van der Waals surface area contributed by atoms with Crippen molar-refractivity contribution in [3.05, 3.63) is 69.2 Å². The van der Waals surface area contributed by atoms with Crippen molar-refractivity contribution < 1.29 is 18.0 Å². The van der Waals surface area contributed by atoms with E-state index in [1.165, 1.54) is 18.2 Å². The first-order chi connectivity index (χ1) is 10.7. The number of hydrogen-bond donors (Lipinski definition) is 1. The molecule has 0 saturated carbocycles. The molecule has 1 N–H and O–H groups in total. The van der Waals surface area contributed by atoms with Crippen LogP contribution in [0.25, 0.3) is 0 Å². The average molecular weight is 362 g/mol. The molecule has 0 unspecified atom stereocenters. The monoisotopic (exact) mass is 361 g/mol. The third kappa shape index (κ3) is 4.18. The molecule has 2 nitrogen and oxygen atoms in total. The maximum absolute atomic E-state index is 13.0. The molecule has 0 radical (unpaired) electrons. The lowest BCUT2D eigenvalue weighted by Crippen LogP contribution is -2.29. The van der Waals surface area contributed by atoms with Gasteiger partial charge in [0.05, 0.1) is 17.2 Å². The lowest BCUT2D eigenvalue weighted by molar-refractivity contribution is -0.137. The fraction of sp³-hybridized carbons (Fsp3) is 0.188. The van der Waals surface area contributed by atoms with Crippen molar-refractivity contribution in [2.24, 2.45) is 0 Å². The van der Waals surface area contributed by atoms with E-state index in [1.807, 2.05) is 0 Å². The fourth-order valence-electron chi connectivity index (χ4n) is 2.13. The van der Waals surface area contributed by atoms with Crippen LogP contribution in [-0.2, 0) is 6.18 Å². The molecule has 7 heteroatoms. The molecule has 0 fully saturated rings. The minimum atomic E-state index is -4.60. The minimum Gasteiger partial charge on any atom is -0.345 e. The Morgan fingerprint density at radius 3 is 2.39 bits per heavy atom. The Morgan fingerprint density at radius 1 is 1.13 bits per heavy atom. The second-order valence-electron chi connectivity index (χ2n) is 4.90. The van der Waals surface area contributed by atoms with Crippen LogP contribution in [0.2, 0.25) is 10.0 Å². The van der Waals surface area contributed by atoms with Gasteiger partial charge in [-0.1, -0.05) is 41.4 Å². The summed E-state index contributed by atoms with van der Waals surface area (Å²) < 4.78 is 38.9. The topological polar surface area (TPSA) is 29.1 Å². The minimum absolute atomic E-state index is 0.328. The number of rotatable bonds is 3. The van der Waals surface area contributed by atoms with Crippen molar-refractivity contribution in [3.8, 4) is 0 Å². The summed E-state index contributed by atoms with van der Waals surface area (Å²) in [5, 5.41) is 3.28. The summed E-state index contributed by atoms with van der Waals surface area (Å²) in [6.45, 7) is 1.63. The van der Waals surface area contributed by atoms with Crippen LogP contribution < -0.4 is 5.32 Å². The Bertz CT molecular complexity index is 732. The summed E-state index contributed by atoms with van der Waals surface area (Å²) in [4.78, 5) is 12.2. The zero-order chi connectivity index (χ0) is 17.2. The van der Waals surface area contributed by atoms with Gasteiger partial charge in [0.25, 0.3) is 5.91 Å². The smallest absolute Gasteiger partial charge is 0.345 e. The molecule has 0 aromatic heterocycles. The highest BCUT2D eigenvalue weighted by molar-refractivity contribution is 6.35. The van der Waals surface area contributed by atoms with E-state index in [4.69, 9.17) is 23.2 Å². The van der Waals surface area contributed by atoms with Crippen LogP contribution in [0.1, 0.15) is 34.5 Å². The molecule has 0 aliphatic rings.